The molecule has 0 aliphatic rings. The molecule has 7 heteroatoms. The molecule has 0 heterocycles. The molecule has 0 fully saturated rings. The molecule has 0 aromatic heterocycles. The molecular weight excluding hydrogens is 442 g/mol. The van der Waals surface area contributed by atoms with Crippen LogP contribution in [0.25, 0.3) is 6.08 Å². The Balaban J connectivity index is 1.56. The third-order valence-corrected chi connectivity index (χ3v) is 5.01. The SMILES string of the molecule is CCOc1ccc(NC(=O)/C(C#N)=C/c2ccc(OCC(=O)Nc3ccc(C)cc3C)cc2)cc1. The molecule has 0 saturated heterocycles. The Morgan fingerprint density at radius 3 is 2.20 bits per heavy atom. The average Bonchev–Trinajstić information content (AvgIpc) is 2.85. The average molecular weight is 470 g/mol. The van der Waals surface area contributed by atoms with Crippen LogP contribution in [0.15, 0.2) is 72.3 Å². The van der Waals surface area contributed by atoms with E-state index >= 15 is 0 Å². The van der Waals surface area contributed by atoms with Crippen molar-refractivity contribution in [1.82, 2.24) is 0 Å². The third kappa shape index (κ3) is 7.47. The molecule has 0 atom stereocenters. The van der Waals surface area contributed by atoms with Crippen molar-refractivity contribution in [2.45, 2.75) is 20.8 Å². The van der Waals surface area contributed by atoms with Crippen molar-refractivity contribution in [3.63, 3.8) is 0 Å². The summed E-state index contributed by atoms with van der Waals surface area (Å²) in [5.41, 5.74) is 4.02. The molecule has 35 heavy (non-hydrogen) atoms. The summed E-state index contributed by atoms with van der Waals surface area (Å²) in [7, 11) is 0. The van der Waals surface area contributed by atoms with Gasteiger partial charge in [0.25, 0.3) is 11.8 Å². The molecule has 0 bridgehead atoms. The van der Waals surface area contributed by atoms with Crippen LogP contribution < -0.4 is 20.1 Å². The van der Waals surface area contributed by atoms with Crippen molar-refractivity contribution in [1.29, 1.82) is 5.26 Å². The molecule has 0 saturated carbocycles. The van der Waals surface area contributed by atoms with Crippen LogP contribution >= 0.6 is 0 Å². The minimum atomic E-state index is -0.514. The highest BCUT2D eigenvalue weighted by molar-refractivity contribution is 6.09. The second-order valence-corrected chi connectivity index (χ2v) is 7.81. The quantitative estimate of drug-likeness (QED) is 0.329. The monoisotopic (exact) mass is 469 g/mol. The molecule has 0 unspecified atom stereocenters. The number of amides is 2. The van der Waals surface area contributed by atoms with Crippen molar-refractivity contribution in [2.24, 2.45) is 0 Å². The van der Waals surface area contributed by atoms with Crippen molar-refractivity contribution in [3.05, 3.63) is 89.0 Å². The standard InChI is InChI=1S/C28H27N3O4/c1-4-34-24-12-8-23(9-13-24)30-28(33)22(17-29)16-21-6-10-25(11-7-21)35-18-27(32)31-26-14-5-19(2)15-20(26)3/h5-16H,4,18H2,1-3H3,(H,30,33)(H,31,32)/b22-16+. The van der Waals surface area contributed by atoms with Gasteiger partial charge < -0.3 is 20.1 Å². The lowest BCUT2D eigenvalue weighted by molar-refractivity contribution is -0.118. The molecule has 0 radical (unpaired) electrons. The van der Waals surface area contributed by atoms with E-state index in [4.69, 9.17) is 9.47 Å². The number of nitriles is 1. The first kappa shape index (κ1) is 25.1. The summed E-state index contributed by atoms with van der Waals surface area (Å²) in [6, 6.07) is 21.4. The summed E-state index contributed by atoms with van der Waals surface area (Å²) in [4.78, 5) is 24.7. The van der Waals surface area contributed by atoms with Gasteiger partial charge in [0.05, 0.1) is 6.61 Å². The number of carbonyl (C=O) groups excluding carboxylic acids is 2. The van der Waals surface area contributed by atoms with Gasteiger partial charge in [0, 0.05) is 11.4 Å². The number of hydrogen-bond acceptors (Lipinski definition) is 5. The zero-order chi connectivity index (χ0) is 25.2. The minimum absolute atomic E-state index is 0.0413. The Labute approximate surface area is 205 Å². The number of nitrogens with one attached hydrogen (secondary N) is 2. The van der Waals surface area contributed by atoms with Crippen LogP contribution in [0, 0.1) is 25.2 Å². The summed E-state index contributed by atoms with van der Waals surface area (Å²) in [6.45, 7) is 6.23. The molecule has 7 nitrogen and oxygen atoms in total. The van der Waals surface area contributed by atoms with Crippen LogP contribution in [-0.4, -0.2) is 25.0 Å². The molecule has 178 valence electrons. The van der Waals surface area contributed by atoms with Crippen molar-refractivity contribution in [3.8, 4) is 17.6 Å². The van der Waals surface area contributed by atoms with Gasteiger partial charge in [0.1, 0.15) is 23.1 Å². The number of benzene rings is 3. The first-order chi connectivity index (χ1) is 16.9. The zero-order valence-electron chi connectivity index (χ0n) is 19.9. The summed E-state index contributed by atoms with van der Waals surface area (Å²) >= 11 is 0. The summed E-state index contributed by atoms with van der Waals surface area (Å²) in [5, 5.41) is 15.0. The van der Waals surface area contributed by atoms with E-state index in [-0.39, 0.29) is 18.1 Å². The van der Waals surface area contributed by atoms with E-state index in [9.17, 15) is 14.9 Å². The van der Waals surface area contributed by atoms with Gasteiger partial charge in [-0.1, -0.05) is 29.8 Å². The van der Waals surface area contributed by atoms with Gasteiger partial charge in [0.2, 0.25) is 0 Å². The largest absolute Gasteiger partial charge is 0.494 e. The van der Waals surface area contributed by atoms with Gasteiger partial charge in [-0.25, -0.2) is 0 Å². The smallest absolute Gasteiger partial charge is 0.266 e. The Kier molecular flexibility index (Phi) is 8.63. The highest BCUT2D eigenvalue weighted by atomic mass is 16.5. The Morgan fingerprint density at radius 2 is 1.57 bits per heavy atom. The minimum Gasteiger partial charge on any atom is -0.494 e. The second kappa shape index (κ2) is 12.1. The topological polar surface area (TPSA) is 100 Å². The van der Waals surface area contributed by atoms with Gasteiger partial charge in [-0.3, -0.25) is 9.59 Å². The number of ether oxygens (including phenoxy) is 2. The first-order valence-corrected chi connectivity index (χ1v) is 11.1. The molecule has 2 N–H and O–H groups in total. The normalized spacial score (nSPS) is 10.7. The van der Waals surface area contributed by atoms with Gasteiger partial charge in [-0.05, 0) is 80.4 Å². The lowest BCUT2D eigenvalue weighted by Crippen LogP contribution is -2.20. The molecule has 2 amide bonds. The van der Waals surface area contributed by atoms with E-state index < -0.39 is 5.91 Å². The van der Waals surface area contributed by atoms with Crippen LogP contribution in [0.2, 0.25) is 0 Å². The predicted octanol–water partition coefficient (Wildman–Crippen LogP) is 5.27. The van der Waals surface area contributed by atoms with E-state index in [2.05, 4.69) is 10.6 Å². The highest BCUT2D eigenvalue weighted by Gasteiger charge is 2.10. The van der Waals surface area contributed by atoms with Crippen LogP contribution in [0.5, 0.6) is 11.5 Å². The van der Waals surface area contributed by atoms with Gasteiger partial charge in [0.15, 0.2) is 6.61 Å². The van der Waals surface area contributed by atoms with Crippen LogP contribution in [-0.2, 0) is 9.59 Å². The van der Waals surface area contributed by atoms with Gasteiger partial charge in [-0.2, -0.15) is 5.26 Å². The fraction of sp³-hybridized carbons (Fsp3) is 0.179. The van der Waals surface area contributed by atoms with Crippen molar-refractivity contribution >= 4 is 29.3 Å². The molecule has 0 aliphatic carbocycles. The summed E-state index contributed by atoms with van der Waals surface area (Å²) < 4.78 is 10.9. The Bertz CT molecular complexity index is 1260. The summed E-state index contributed by atoms with van der Waals surface area (Å²) in [6.07, 6.45) is 1.49. The Hall–Kier alpha value is -4.57. The molecule has 0 spiro atoms. The van der Waals surface area contributed by atoms with E-state index in [1.807, 2.05) is 45.0 Å². The maximum Gasteiger partial charge on any atom is 0.266 e. The van der Waals surface area contributed by atoms with Crippen LogP contribution in [0.3, 0.4) is 0 Å². The second-order valence-electron chi connectivity index (χ2n) is 7.81. The number of hydrogen-bond donors (Lipinski definition) is 2. The predicted molar refractivity (Wildman–Crippen MR) is 136 cm³/mol. The first-order valence-electron chi connectivity index (χ1n) is 11.1. The lowest BCUT2D eigenvalue weighted by atomic mass is 10.1. The maximum atomic E-state index is 12.5. The van der Waals surface area contributed by atoms with Crippen molar-refractivity contribution in [2.75, 3.05) is 23.8 Å². The zero-order valence-corrected chi connectivity index (χ0v) is 19.9. The number of aryl methyl sites for hydroxylation is 2. The van der Waals surface area contributed by atoms with E-state index in [1.54, 1.807) is 48.5 Å². The molecular formula is C28H27N3O4. The fourth-order valence-corrected chi connectivity index (χ4v) is 3.26. The highest BCUT2D eigenvalue weighted by Crippen LogP contribution is 2.19. The molecule has 3 aromatic rings. The third-order valence-electron chi connectivity index (χ3n) is 5.01. The van der Waals surface area contributed by atoms with Crippen LogP contribution in [0.4, 0.5) is 11.4 Å². The van der Waals surface area contributed by atoms with Crippen molar-refractivity contribution < 1.29 is 19.1 Å². The molecule has 3 aromatic carbocycles. The fourth-order valence-electron chi connectivity index (χ4n) is 3.26. The molecule has 3 rings (SSSR count). The van der Waals surface area contributed by atoms with E-state index in [0.717, 1.165) is 16.8 Å². The van der Waals surface area contributed by atoms with Gasteiger partial charge in [-0.15, -0.1) is 0 Å². The van der Waals surface area contributed by atoms with E-state index in [1.165, 1.54) is 6.08 Å². The Morgan fingerprint density at radius 1 is 0.914 bits per heavy atom. The number of rotatable bonds is 9. The number of nitrogens with zero attached hydrogens (tertiary/aromatic N) is 1. The van der Waals surface area contributed by atoms with E-state index in [0.29, 0.717) is 29.4 Å². The number of anilines is 2. The number of carbonyl (C=O) groups is 2. The maximum absolute atomic E-state index is 12.5. The van der Waals surface area contributed by atoms with Crippen LogP contribution in [0.1, 0.15) is 23.6 Å². The van der Waals surface area contributed by atoms with Gasteiger partial charge >= 0.3 is 0 Å². The molecule has 0 aliphatic heterocycles. The lowest BCUT2D eigenvalue weighted by Gasteiger charge is -2.10. The summed E-state index contributed by atoms with van der Waals surface area (Å²) in [5.74, 6) is 0.417.